The molecule has 1 aromatic carbocycles. The lowest BCUT2D eigenvalue weighted by Crippen LogP contribution is -2.29. The second-order valence-corrected chi connectivity index (χ2v) is 6.36. The molecule has 100 valence electrons. The number of ether oxygens (including phenoxy) is 2. The first-order valence-electron chi connectivity index (χ1n) is 6.19. The number of hydrogen-bond donors (Lipinski definition) is 0. The summed E-state index contributed by atoms with van der Waals surface area (Å²) in [5.41, 5.74) is 0. The van der Waals surface area contributed by atoms with Gasteiger partial charge < -0.3 is 9.47 Å². The van der Waals surface area contributed by atoms with Crippen LogP contribution in [-0.4, -0.2) is 33.7 Å². The average molecular weight is 270 g/mol. The fraction of sp³-hybridized carbons (Fsp3) is 0.538. The minimum absolute atomic E-state index is 0.114. The van der Waals surface area contributed by atoms with Crippen LogP contribution < -0.4 is 0 Å². The van der Waals surface area contributed by atoms with Gasteiger partial charge in [-0.3, -0.25) is 0 Å². The Balaban J connectivity index is 2.03. The molecule has 1 aliphatic rings. The van der Waals surface area contributed by atoms with E-state index in [1.54, 1.807) is 30.3 Å². The van der Waals surface area contributed by atoms with E-state index in [1.165, 1.54) is 0 Å². The monoisotopic (exact) mass is 270 g/mol. The molecule has 0 aromatic heterocycles. The third-order valence-corrected chi connectivity index (χ3v) is 4.56. The van der Waals surface area contributed by atoms with Crippen LogP contribution in [0.3, 0.4) is 0 Å². The first-order valence-corrected chi connectivity index (χ1v) is 7.85. The zero-order valence-corrected chi connectivity index (χ0v) is 11.1. The van der Waals surface area contributed by atoms with Gasteiger partial charge in [-0.25, -0.2) is 8.42 Å². The molecule has 0 radical (unpaired) electrons. The third-order valence-electron chi connectivity index (χ3n) is 2.85. The van der Waals surface area contributed by atoms with Gasteiger partial charge in [0.2, 0.25) is 0 Å². The molecule has 0 atom stereocenters. The molecule has 5 heteroatoms. The van der Waals surface area contributed by atoms with E-state index in [1.807, 2.05) is 0 Å². The molecule has 1 fully saturated rings. The Morgan fingerprint density at radius 3 is 2.22 bits per heavy atom. The van der Waals surface area contributed by atoms with Gasteiger partial charge in [-0.1, -0.05) is 18.2 Å². The number of hydrogen-bond acceptors (Lipinski definition) is 4. The maximum absolute atomic E-state index is 12.1. The summed E-state index contributed by atoms with van der Waals surface area (Å²) in [6.45, 7) is 1.13. The second-order valence-electron chi connectivity index (χ2n) is 4.33. The first kappa shape index (κ1) is 13.5. The van der Waals surface area contributed by atoms with Crippen LogP contribution in [0.2, 0.25) is 0 Å². The van der Waals surface area contributed by atoms with Gasteiger partial charge in [0.25, 0.3) is 0 Å². The minimum Gasteiger partial charge on any atom is -0.352 e. The lowest BCUT2D eigenvalue weighted by atomic mass is 10.2. The van der Waals surface area contributed by atoms with Crippen LogP contribution in [0.25, 0.3) is 0 Å². The van der Waals surface area contributed by atoms with Gasteiger partial charge in [0.1, 0.15) is 5.75 Å². The summed E-state index contributed by atoms with van der Waals surface area (Å²) in [6.07, 6.45) is 2.35. The Morgan fingerprint density at radius 1 is 1.00 bits per heavy atom. The van der Waals surface area contributed by atoms with E-state index in [9.17, 15) is 8.42 Å². The first-order chi connectivity index (χ1) is 8.68. The van der Waals surface area contributed by atoms with Crippen LogP contribution >= 0.6 is 0 Å². The molecule has 1 aromatic rings. The van der Waals surface area contributed by atoms with Crippen molar-refractivity contribution in [2.45, 2.75) is 30.4 Å². The summed E-state index contributed by atoms with van der Waals surface area (Å²) in [7, 11) is -3.34. The van der Waals surface area contributed by atoms with Gasteiger partial charge >= 0.3 is 0 Å². The Labute approximate surface area is 108 Å². The smallest absolute Gasteiger partial charge is 0.183 e. The molecule has 1 saturated heterocycles. The molecule has 0 spiro atoms. The maximum Gasteiger partial charge on any atom is 0.183 e. The van der Waals surface area contributed by atoms with Crippen LogP contribution in [0, 0.1) is 0 Å². The summed E-state index contributed by atoms with van der Waals surface area (Å²) in [5.74, 6) is -0.114. The van der Waals surface area contributed by atoms with Crippen molar-refractivity contribution >= 4 is 9.84 Å². The highest BCUT2D eigenvalue weighted by Crippen LogP contribution is 2.15. The van der Waals surface area contributed by atoms with Gasteiger partial charge in [-0.15, -0.1) is 0 Å². The Bertz CT molecular complexity index is 447. The van der Waals surface area contributed by atoms with Gasteiger partial charge in [0.05, 0.1) is 4.90 Å². The molecule has 2 rings (SSSR count). The average Bonchev–Trinajstić information content (AvgIpc) is 2.34. The van der Waals surface area contributed by atoms with Crippen LogP contribution in [-0.2, 0) is 19.3 Å². The topological polar surface area (TPSA) is 52.6 Å². The minimum atomic E-state index is -3.34. The Kier molecular flexibility index (Phi) is 4.74. The zero-order valence-electron chi connectivity index (χ0n) is 10.2. The molecular formula is C13H18O4S. The Hall–Kier alpha value is -0.910. The summed E-state index contributed by atoms with van der Waals surface area (Å²) in [4.78, 5) is 0.319. The van der Waals surface area contributed by atoms with Crippen LogP contribution in [0.1, 0.15) is 19.3 Å². The van der Waals surface area contributed by atoms with E-state index < -0.39 is 16.1 Å². The second kappa shape index (κ2) is 6.31. The lowest BCUT2D eigenvalue weighted by molar-refractivity contribution is -0.137. The van der Waals surface area contributed by atoms with Crippen molar-refractivity contribution in [3.05, 3.63) is 30.3 Å². The largest absolute Gasteiger partial charge is 0.352 e. The van der Waals surface area contributed by atoms with Crippen molar-refractivity contribution in [1.82, 2.24) is 0 Å². The molecule has 0 saturated carbocycles. The molecule has 0 N–H and O–H groups in total. The van der Waals surface area contributed by atoms with Gasteiger partial charge in [-0.05, 0) is 31.4 Å². The molecule has 0 bridgehead atoms. The fourth-order valence-electron chi connectivity index (χ4n) is 1.86. The van der Waals surface area contributed by atoms with Gasteiger partial charge in [0.15, 0.2) is 16.1 Å². The summed E-state index contributed by atoms with van der Waals surface area (Å²) in [5, 5.41) is 0. The van der Waals surface area contributed by atoms with E-state index in [-0.39, 0.29) is 5.75 Å². The van der Waals surface area contributed by atoms with Gasteiger partial charge in [0, 0.05) is 13.2 Å². The molecule has 18 heavy (non-hydrogen) atoms. The van der Waals surface area contributed by atoms with Crippen LogP contribution in [0.4, 0.5) is 0 Å². The molecule has 4 nitrogen and oxygen atoms in total. The molecule has 0 aliphatic carbocycles. The quantitative estimate of drug-likeness (QED) is 0.843. The molecule has 1 heterocycles. The highest BCUT2D eigenvalue weighted by atomic mass is 32.2. The van der Waals surface area contributed by atoms with Crippen molar-refractivity contribution in [2.24, 2.45) is 0 Å². The highest BCUT2D eigenvalue weighted by molar-refractivity contribution is 7.91. The third kappa shape index (κ3) is 3.80. The van der Waals surface area contributed by atoms with Crippen LogP contribution in [0.5, 0.6) is 0 Å². The molecular weight excluding hydrogens is 252 g/mol. The Morgan fingerprint density at radius 2 is 1.61 bits per heavy atom. The van der Waals surface area contributed by atoms with Crippen molar-refractivity contribution in [1.29, 1.82) is 0 Å². The van der Waals surface area contributed by atoms with Crippen molar-refractivity contribution in [2.75, 3.05) is 19.0 Å². The maximum atomic E-state index is 12.1. The highest BCUT2D eigenvalue weighted by Gasteiger charge is 2.22. The summed E-state index contributed by atoms with van der Waals surface area (Å²) < 4.78 is 35.2. The predicted octanol–water partition coefficient (Wildman–Crippen LogP) is 2.00. The van der Waals surface area contributed by atoms with Crippen molar-refractivity contribution in [3.63, 3.8) is 0 Å². The summed E-state index contributed by atoms with van der Waals surface area (Å²) in [6, 6.07) is 8.41. The molecule has 0 amide bonds. The molecule has 0 unspecified atom stereocenters. The van der Waals surface area contributed by atoms with E-state index in [0.29, 0.717) is 18.1 Å². The number of sulfone groups is 1. The van der Waals surface area contributed by atoms with Crippen LogP contribution in [0.15, 0.2) is 35.2 Å². The predicted molar refractivity (Wildman–Crippen MR) is 68.0 cm³/mol. The van der Waals surface area contributed by atoms with E-state index in [2.05, 4.69) is 0 Å². The van der Waals surface area contributed by atoms with Crippen molar-refractivity contribution < 1.29 is 17.9 Å². The molecule has 1 aliphatic heterocycles. The SMILES string of the molecule is O=S(=O)(CC1OCCCCCO1)c1ccccc1. The number of benzene rings is 1. The van der Waals surface area contributed by atoms with Crippen molar-refractivity contribution in [3.8, 4) is 0 Å². The normalized spacial score (nSPS) is 19.1. The van der Waals surface area contributed by atoms with Gasteiger partial charge in [-0.2, -0.15) is 0 Å². The van der Waals surface area contributed by atoms with E-state index >= 15 is 0 Å². The van der Waals surface area contributed by atoms with E-state index in [4.69, 9.17) is 9.47 Å². The van der Waals surface area contributed by atoms with E-state index in [0.717, 1.165) is 19.3 Å². The lowest BCUT2D eigenvalue weighted by Gasteiger charge is -2.21. The summed E-state index contributed by atoms with van der Waals surface area (Å²) >= 11 is 0. The standard InChI is InChI=1S/C13H18O4S/c14-18(15,12-7-3-1-4-8-12)11-13-16-9-5-2-6-10-17-13/h1,3-4,7-8,13H,2,5-6,9-11H2. The zero-order chi connectivity index (χ0) is 12.8. The fourth-order valence-corrected chi connectivity index (χ4v) is 3.17. The number of rotatable bonds is 3.